The molecule has 4 rings (SSSR count). The lowest BCUT2D eigenvalue weighted by Gasteiger charge is -2.06. The van der Waals surface area contributed by atoms with Gasteiger partial charge in [0.15, 0.2) is 0 Å². The van der Waals surface area contributed by atoms with Crippen LogP contribution >= 0.6 is 11.6 Å². The van der Waals surface area contributed by atoms with Gasteiger partial charge in [-0.25, -0.2) is 9.48 Å². The molecule has 114 valence electrons. The van der Waals surface area contributed by atoms with Crippen LogP contribution in [0.15, 0.2) is 51.7 Å². The minimum absolute atomic E-state index is 0.384. The summed E-state index contributed by atoms with van der Waals surface area (Å²) in [5, 5.41) is 6.39. The number of aryl methyl sites for hydroxylation is 2. The fourth-order valence-corrected chi connectivity index (χ4v) is 2.99. The molecule has 0 unspecified atom stereocenters. The summed E-state index contributed by atoms with van der Waals surface area (Å²) in [5.41, 5.74) is 3.53. The van der Waals surface area contributed by atoms with Gasteiger partial charge in [0.05, 0.1) is 16.9 Å². The van der Waals surface area contributed by atoms with Crippen LogP contribution in [0.3, 0.4) is 0 Å². The van der Waals surface area contributed by atoms with E-state index in [0.29, 0.717) is 21.7 Å². The van der Waals surface area contributed by atoms with Crippen molar-refractivity contribution in [2.45, 2.75) is 13.8 Å². The highest BCUT2D eigenvalue weighted by Gasteiger charge is 2.17. The van der Waals surface area contributed by atoms with E-state index < -0.39 is 0 Å². The summed E-state index contributed by atoms with van der Waals surface area (Å²) in [5.74, 6) is 0. The van der Waals surface area contributed by atoms with Crippen LogP contribution in [0.25, 0.3) is 27.6 Å². The first-order valence-corrected chi connectivity index (χ1v) is 7.61. The van der Waals surface area contributed by atoms with Crippen LogP contribution < -0.4 is 5.63 Å². The van der Waals surface area contributed by atoms with Gasteiger partial charge in [0, 0.05) is 10.4 Å². The molecule has 0 saturated carbocycles. The molecule has 0 bridgehead atoms. The van der Waals surface area contributed by atoms with Crippen molar-refractivity contribution in [3.05, 3.63) is 69.2 Å². The minimum Gasteiger partial charge on any atom is -0.422 e. The second-order valence-corrected chi connectivity index (χ2v) is 6.02. The molecule has 0 aliphatic carbocycles. The zero-order valence-electron chi connectivity index (χ0n) is 12.6. The average Bonchev–Trinajstić information content (AvgIpc) is 2.87. The SMILES string of the molecule is Cc1ccc(-n2nc(C)c3c(=O)oc4ccc(Cl)cc4c32)cc1. The Morgan fingerprint density at radius 1 is 1.09 bits per heavy atom. The molecule has 4 nitrogen and oxygen atoms in total. The van der Waals surface area contributed by atoms with E-state index >= 15 is 0 Å². The first-order chi connectivity index (χ1) is 11.0. The Kier molecular flexibility index (Phi) is 3.03. The van der Waals surface area contributed by atoms with Gasteiger partial charge < -0.3 is 4.42 Å². The van der Waals surface area contributed by atoms with E-state index in [-0.39, 0.29) is 5.63 Å². The zero-order chi connectivity index (χ0) is 16.1. The Bertz CT molecular complexity index is 1110. The largest absolute Gasteiger partial charge is 0.422 e. The lowest BCUT2D eigenvalue weighted by Crippen LogP contribution is -2.01. The van der Waals surface area contributed by atoms with Crippen molar-refractivity contribution in [3.8, 4) is 5.69 Å². The van der Waals surface area contributed by atoms with Gasteiger partial charge in [-0.2, -0.15) is 5.10 Å². The monoisotopic (exact) mass is 324 g/mol. The first kappa shape index (κ1) is 14.0. The molecular formula is C18H13ClN2O2. The molecule has 0 fully saturated rings. The van der Waals surface area contributed by atoms with Crippen molar-refractivity contribution in [1.29, 1.82) is 0 Å². The summed E-state index contributed by atoms with van der Waals surface area (Å²) in [6.45, 7) is 3.83. The van der Waals surface area contributed by atoms with Crippen molar-refractivity contribution in [1.82, 2.24) is 9.78 Å². The zero-order valence-corrected chi connectivity index (χ0v) is 13.4. The standard InChI is InChI=1S/C18H13ClN2O2/c1-10-3-6-13(7-4-10)21-17-14-9-12(19)5-8-15(14)23-18(22)16(17)11(2)20-21/h3-9H,1-2H3. The van der Waals surface area contributed by atoms with E-state index in [4.69, 9.17) is 16.0 Å². The normalized spacial score (nSPS) is 11.4. The summed E-state index contributed by atoms with van der Waals surface area (Å²) in [7, 11) is 0. The highest BCUT2D eigenvalue weighted by Crippen LogP contribution is 2.29. The fourth-order valence-electron chi connectivity index (χ4n) is 2.82. The lowest BCUT2D eigenvalue weighted by molar-refractivity contribution is 0.569. The van der Waals surface area contributed by atoms with Crippen LogP contribution in [0.2, 0.25) is 5.02 Å². The second-order valence-electron chi connectivity index (χ2n) is 5.59. The quantitative estimate of drug-likeness (QED) is 0.487. The minimum atomic E-state index is -0.384. The van der Waals surface area contributed by atoms with Gasteiger partial charge in [-0.1, -0.05) is 29.3 Å². The first-order valence-electron chi connectivity index (χ1n) is 7.23. The molecule has 2 aromatic heterocycles. The van der Waals surface area contributed by atoms with Crippen molar-refractivity contribution < 1.29 is 4.42 Å². The third-order valence-electron chi connectivity index (χ3n) is 3.94. The van der Waals surface area contributed by atoms with Crippen molar-refractivity contribution in [2.75, 3.05) is 0 Å². The Morgan fingerprint density at radius 2 is 1.83 bits per heavy atom. The highest BCUT2D eigenvalue weighted by atomic mass is 35.5. The summed E-state index contributed by atoms with van der Waals surface area (Å²) in [6, 6.07) is 13.2. The number of aromatic nitrogens is 2. The van der Waals surface area contributed by atoms with E-state index in [2.05, 4.69) is 5.10 Å². The van der Waals surface area contributed by atoms with Crippen LogP contribution in [0, 0.1) is 13.8 Å². The molecule has 0 aliphatic heterocycles. The lowest BCUT2D eigenvalue weighted by atomic mass is 10.1. The summed E-state index contributed by atoms with van der Waals surface area (Å²) < 4.78 is 7.19. The fraction of sp³-hybridized carbons (Fsp3) is 0.111. The number of hydrogen-bond donors (Lipinski definition) is 0. The molecule has 0 radical (unpaired) electrons. The van der Waals surface area contributed by atoms with E-state index in [0.717, 1.165) is 22.2 Å². The average molecular weight is 325 g/mol. The molecule has 0 atom stereocenters. The molecule has 0 spiro atoms. The van der Waals surface area contributed by atoms with E-state index in [1.54, 1.807) is 29.8 Å². The summed E-state index contributed by atoms with van der Waals surface area (Å²) in [6.07, 6.45) is 0. The van der Waals surface area contributed by atoms with Gasteiger partial charge in [-0.15, -0.1) is 0 Å². The molecule has 4 aromatic rings. The van der Waals surface area contributed by atoms with Crippen LogP contribution in [-0.4, -0.2) is 9.78 Å². The van der Waals surface area contributed by atoms with Crippen LogP contribution in [-0.2, 0) is 0 Å². The second kappa shape index (κ2) is 4.96. The third kappa shape index (κ3) is 2.14. The van der Waals surface area contributed by atoms with Gasteiger partial charge in [0.25, 0.3) is 0 Å². The number of benzene rings is 2. The Hall–Kier alpha value is -2.59. The van der Waals surface area contributed by atoms with Crippen LogP contribution in [0.5, 0.6) is 0 Å². The summed E-state index contributed by atoms with van der Waals surface area (Å²) in [4.78, 5) is 12.3. The molecule has 23 heavy (non-hydrogen) atoms. The number of nitrogens with zero attached hydrogens (tertiary/aromatic N) is 2. The molecule has 0 saturated heterocycles. The van der Waals surface area contributed by atoms with Crippen LogP contribution in [0.1, 0.15) is 11.3 Å². The van der Waals surface area contributed by atoms with Gasteiger partial charge in [-0.05, 0) is 44.2 Å². The van der Waals surface area contributed by atoms with E-state index in [1.807, 2.05) is 31.2 Å². The number of halogens is 1. The smallest absolute Gasteiger partial charge is 0.347 e. The number of hydrogen-bond acceptors (Lipinski definition) is 3. The predicted octanol–water partition coefficient (Wildman–Crippen LogP) is 4.40. The van der Waals surface area contributed by atoms with Gasteiger partial charge >= 0.3 is 5.63 Å². The molecule has 0 amide bonds. The number of rotatable bonds is 1. The third-order valence-corrected chi connectivity index (χ3v) is 4.18. The molecule has 0 aliphatic rings. The Labute approximate surface area is 136 Å². The van der Waals surface area contributed by atoms with Crippen LogP contribution in [0.4, 0.5) is 0 Å². The van der Waals surface area contributed by atoms with Crippen molar-refractivity contribution >= 4 is 33.5 Å². The highest BCUT2D eigenvalue weighted by molar-refractivity contribution is 6.31. The maximum Gasteiger partial charge on any atom is 0.347 e. The Morgan fingerprint density at radius 3 is 2.57 bits per heavy atom. The molecule has 5 heteroatoms. The van der Waals surface area contributed by atoms with Gasteiger partial charge in [-0.3, -0.25) is 0 Å². The van der Waals surface area contributed by atoms with E-state index in [1.165, 1.54) is 0 Å². The number of fused-ring (bicyclic) bond motifs is 3. The maximum atomic E-state index is 12.3. The Balaban J connectivity index is 2.21. The topological polar surface area (TPSA) is 48.0 Å². The molecule has 2 aromatic carbocycles. The summed E-state index contributed by atoms with van der Waals surface area (Å²) >= 11 is 6.14. The van der Waals surface area contributed by atoms with Gasteiger partial charge in [0.2, 0.25) is 0 Å². The molecule has 2 heterocycles. The van der Waals surface area contributed by atoms with Crippen molar-refractivity contribution in [3.63, 3.8) is 0 Å². The van der Waals surface area contributed by atoms with E-state index in [9.17, 15) is 4.79 Å². The van der Waals surface area contributed by atoms with Gasteiger partial charge in [0.1, 0.15) is 11.0 Å². The molecule has 0 N–H and O–H groups in total. The molecular weight excluding hydrogens is 312 g/mol. The maximum absolute atomic E-state index is 12.3. The van der Waals surface area contributed by atoms with Crippen molar-refractivity contribution in [2.24, 2.45) is 0 Å². The predicted molar refractivity (Wildman–Crippen MR) is 91.6 cm³/mol.